The molecule has 0 radical (unpaired) electrons. The molecular weight excluding hydrogens is 290 g/mol. The number of hydrogen-bond acceptors (Lipinski definition) is 4. The summed E-state index contributed by atoms with van der Waals surface area (Å²) >= 11 is 6.22. The van der Waals surface area contributed by atoms with Gasteiger partial charge in [-0.2, -0.15) is 5.10 Å². The second kappa shape index (κ2) is 5.31. The second-order valence-corrected chi connectivity index (χ2v) is 5.14. The average Bonchev–Trinajstić information content (AvgIpc) is 3.05. The first kappa shape index (κ1) is 13.8. The topological polar surface area (TPSA) is 76.5 Å². The van der Waals surface area contributed by atoms with Crippen LogP contribution in [0.5, 0.6) is 0 Å². The van der Waals surface area contributed by atoms with E-state index in [-0.39, 0.29) is 5.91 Å². The van der Waals surface area contributed by atoms with Crippen molar-refractivity contribution in [2.45, 2.75) is 13.1 Å². The fraction of sp³-hybridized carbons (Fsp3) is 0.214. The number of rotatable bonds is 2. The van der Waals surface area contributed by atoms with Crippen LogP contribution in [0.1, 0.15) is 12.6 Å². The van der Waals surface area contributed by atoms with E-state index in [2.05, 4.69) is 10.1 Å². The van der Waals surface area contributed by atoms with Crippen LogP contribution < -0.4 is 5.73 Å². The summed E-state index contributed by atoms with van der Waals surface area (Å²) in [4.78, 5) is 17.6. The maximum atomic E-state index is 11.7. The Bertz CT molecular complexity index is 724. The Morgan fingerprint density at radius 1 is 1.38 bits per heavy atom. The fourth-order valence-electron chi connectivity index (χ4n) is 2.31. The van der Waals surface area contributed by atoms with Gasteiger partial charge in [-0.25, -0.2) is 9.67 Å². The van der Waals surface area contributed by atoms with Gasteiger partial charge in [0, 0.05) is 6.92 Å². The number of carbonyl (C=O) groups is 1. The summed E-state index contributed by atoms with van der Waals surface area (Å²) in [6.07, 6.45) is 1.22. The van der Waals surface area contributed by atoms with E-state index in [0.717, 1.165) is 5.69 Å². The lowest BCUT2D eigenvalue weighted by atomic mass is 10.3. The molecule has 1 aliphatic heterocycles. The van der Waals surface area contributed by atoms with Gasteiger partial charge in [-0.05, 0) is 18.2 Å². The Morgan fingerprint density at radius 3 is 2.86 bits per heavy atom. The molecule has 7 heteroatoms. The summed E-state index contributed by atoms with van der Waals surface area (Å²) < 4.78 is 1.66. The number of carbonyl (C=O) groups excluding carboxylic acids is 1. The molecule has 6 nitrogen and oxygen atoms in total. The van der Waals surface area contributed by atoms with E-state index in [1.807, 2.05) is 18.2 Å². The molecule has 1 aliphatic rings. The lowest BCUT2D eigenvalue weighted by Gasteiger charge is -2.17. The number of benzene rings is 1. The second-order valence-electron chi connectivity index (χ2n) is 4.73. The van der Waals surface area contributed by atoms with Crippen molar-refractivity contribution in [1.29, 1.82) is 0 Å². The summed E-state index contributed by atoms with van der Waals surface area (Å²) in [7, 11) is 0. The number of para-hydroxylation sites is 1. The lowest BCUT2D eigenvalue weighted by molar-refractivity contribution is -0.124. The molecule has 0 bridgehead atoms. The summed E-state index contributed by atoms with van der Waals surface area (Å²) in [5.41, 5.74) is 7.25. The van der Waals surface area contributed by atoms with Gasteiger partial charge >= 0.3 is 0 Å². The third-order valence-corrected chi connectivity index (χ3v) is 3.57. The molecule has 3 rings (SSSR count). The maximum absolute atomic E-state index is 11.7. The molecule has 1 aromatic heterocycles. The highest BCUT2D eigenvalue weighted by Gasteiger charge is 2.29. The number of nitrogens with zero attached hydrogens (tertiary/aromatic N) is 4. The van der Waals surface area contributed by atoms with Gasteiger partial charge in [0.1, 0.15) is 11.9 Å². The quantitative estimate of drug-likeness (QED) is 0.911. The van der Waals surface area contributed by atoms with E-state index in [1.54, 1.807) is 27.9 Å². The molecule has 2 N–H and O–H groups in total. The van der Waals surface area contributed by atoms with Gasteiger partial charge in [-0.3, -0.25) is 9.69 Å². The minimum absolute atomic E-state index is 0.103. The van der Waals surface area contributed by atoms with Gasteiger partial charge in [0.25, 0.3) is 0 Å². The van der Waals surface area contributed by atoms with Gasteiger partial charge < -0.3 is 5.73 Å². The van der Waals surface area contributed by atoms with Crippen molar-refractivity contribution < 1.29 is 4.79 Å². The molecule has 108 valence electrons. The van der Waals surface area contributed by atoms with Crippen molar-refractivity contribution in [1.82, 2.24) is 14.7 Å². The zero-order valence-electron chi connectivity index (χ0n) is 11.4. The van der Waals surface area contributed by atoms with Gasteiger partial charge in [-0.15, -0.1) is 0 Å². The van der Waals surface area contributed by atoms with E-state index >= 15 is 0 Å². The van der Waals surface area contributed by atoms with Crippen LogP contribution in [0.4, 0.5) is 0 Å². The van der Waals surface area contributed by atoms with Gasteiger partial charge in [0.05, 0.1) is 23.5 Å². The lowest BCUT2D eigenvalue weighted by Crippen LogP contribution is -2.36. The number of hydrogen-bond donors (Lipinski definition) is 1. The Kier molecular flexibility index (Phi) is 3.48. The molecule has 1 atom stereocenters. The summed E-state index contributed by atoms with van der Waals surface area (Å²) in [6.45, 7) is 1.86. The molecule has 0 saturated heterocycles. The van der Waals surface area contributed by atoms with Crippen molar-refractivity contribution in [3.05, 3.63) is 47.2 Å². The molecule has 0 aliphatic carbocycles. The van der Waals surface area contributed by atoms with Crippen molar-refractivity contribution in [3.8, 4) is 5.69 Å². The number of amidine groups is 1. The normalized spacial score (nSPS) is 18.0. The van der Waals surface area contributed by atoms with Gasteiger partial charge in [0.2, 0.25) is 5.91 Å². The first-order chi connectivity index (χ1) is 10.1. The molecule has 1 amide bonds. The largest absolute Gasteiger partial charge is 0.308 e. The fourth-order valence-corrected chi connectivity index (χ4v) is 2.53. The highest BCUT2D eigenvalue weighted by atomic mass is 35.5. The van der Waals surface area contributed by atoms with E-state index < -0.39 is 6.17 Å². The van der Waals surface area contributed by atoms with Crippen molar-refractivity contribution >= 4 is 23.3 Å². The van der Waals surface area contributed by atoms with Crippen molar-refractivity contribution in [3.63, 3.8) is 0 Å². The molecule has 21 heavy (non-hydrogen) atoms. The highest BCUT2D eigenvalue weighted by Crippen LogP contribution is 2.22. The number of nitrogens with two attached hydrogens (primary N) is 1. The van der Waals surface area contributed by atoms with Crippen molar-refractivity contribution in [2.24, 2.45) is 10.7 Å². The Morgan fingerprint density at radius 2 is 2.14 bits per heavy atom. The van der Waals surface area contributed by atoms with Gasteiger partial charge in [0.15, 0.2) is 5.84 Å². The monoisotopic (exact) mass is 303 g/mol. The zero-order valence-corrected chi connectivity index (χ0v) is 12.2. The van der Waals surface area contributed by atoms with E-state index in [0.29, 0.717) is 23.1 Å². The van der Waals surface area contributed by atoms with Crippen LogP contribution >= 0.6 is 11.6 Å². The van der Waals surface area contributed by atoms with Gasteiger partial charge in [-0.1, -0.05) is 23.7 Å². The minimum Gasteiger partial charge on any atom is -0.308 e. The molecule has 1 aromatic carbocycles. The molecule has 0 spiro atoms. The van der Waals surface area contributed by atoms with Crippen LogP contribution in [0.25, 0.3) is 5.69 Å². The highest BCUT2D eigenvalue weighted by molar-refractivity contribution is 6.32. The smallest absolute Gasteiger partial charge is 0.225 e. The minimum atomic E-state index is -0.418. The van der Waals surface area contributed by atoms with Crippen LogP contribution in [0.2, 0.25) is 5.02 Å². The predicted octanol–water partition coefficient (Wildman–Crippen LogP) is 1.42. The summed E-state index contributed by atoms with van der Waals surface area (Å²) in [5.74, 6) is 0.418. The number of amides is 1. The van der Waals surface area contributed by atoms with E-state index in [1.165, 1.54) is 6.92 Å². The SMILES string of the molecule is CC(=O)N1CC(N)N=C1c1ccnn1-c1ccccc1Cl. The number of halogens is 1. The standard InChI is InChI=1S/C14H14ClN5O/c1-9(21)19-8-13(16)18-14(19)12-6-7-17-20(12)11-5-3-2-4-10(11)15/h2-7,13H,8,16H2,1H3. The average molecular weight is 304 g/mol. The van der Waals surface area contributed by atoms with Crippen LogP contribution in [0.15, 0.2) is 41.5 Å². The van der Waals surface area contributed by atoms with Crippen LogP contribution in [-0.4, -0.2) is 39.1 Å². The van der Waals surface area contributed by atoms with Crippen LogP contribution in [0.3, 0.4) is 0 Å². The molecule has 1 unspecified atom stereocenters. The Labute approximate surface area is 126 Å². The molecule has 2 heterocycles. The predicted molar refractivity (Wildman–Crippen MR) is 80.5 cm³/mol. The molecule has 0 fully saturated rings. The Hall–Kier alpha value is -2.18. The summed E-state index contributed by atoms with van der Waals surface area (Å²) in [5, 5.41) is 4.85. The third kappa shape index (κ3) is 2.43. The van der Waals surface area contributed by atoms with Crippen molar-refractivity contribution in [2.75, 3.05) is 6.54 Å². The zero-order chi connectivity index (χ0) is 15.0. The first-order valence-electron chi connectivity index (χ1n) is 6.48. The van der Waals surface area contributed by atoms with Crippen LogP contribution in [-0.2, 0) is 4.79 Å². The summed E-state index contributed by atoms with van der Waals surface area (Å²) in [6, 6.07) is 9.15. The third-order valence-electron chi connectivity index (χ3n) is 3.25. The van der Waals surface area contributed by atoms with E-state index in [9.17, 15) is 4.79 Å². The molecular formula is C14H14ClN5O. The molecule has 0 saturated carbocycles. The molecule has 2 aromatic rings. The Balaban J connectivity index is 2.10. The number of aromatic nitrogens is 2. The van der Waals surface area contributed by atoms with E-state index in [4.69, 9.17) is 17.3 Å². The maximum Gasteiger partial charge on any atom is 0.225 e. The van der Waals surface area contributed by atoms with Crippen LogP contribution in [0, 0.1) is 0 Å². The first-order valence-corrected chi connectivity index (χ1v) is 6.86. The number of aliphatic imine (C=N–C) groups is 1.